The summed E-state index contributed by atoms with van der Waals surface area (Å²) < 4.78 is 64.6. The van der Waals surface area contributed by atoms with Gasteiger partial charge < -0.3 is 48.5 Å². The Morgan fingerprint density at radius 1 is 0.468 bits per heavy atom. The van der Waals surface area contributed by atoms with E-state index in [1.165, 1.54) is 4.57 Å². The summed E-state index contributed by atoms with van der Waals surface area (Å²) >= 11 is 23.4. The van der Waals surface area contributed by atoms with Crippen molar-refractivity contribution < 1.29 is 75.3 Å². The normalized spacial score (nSPS) is 11.2. The van der Waals surface area contributed by atoms with Gasteiger partial charge in [-0.2, -0.15) is 0 Å². The third kappa shape index (κ3) is 18.9. The van der Waals surface area contributed by atoms with Crippen molar-refractivity contribution in [1.82, 2.24) is 19.0 Å². The van der Waals surface area contributed by atoms with Crippen LogP contribution in [0.5, 0.6) is 17.2 Å². The van der Waals surface area contributed by atoms with E-state index in [1.54, 1.807) is 200 Å². The zero-order valence-electron chi connectivity index (χ0n) is 53.4. The molecule has 0 unspecified atom stereocenters. The van der Waals surface area contributed by atoms with E-state index in [-0.39, 0.29) is 68.7 Å². The molecule has 9 rings (SSSR count). The van der Waals surface area contributed by atoms with Crippen LogP contribution in [0.15, 0.2) is 127 Å². The van der Waals surface area contributed by atoms with Crippen molar-refractivity contribution in [3.8, 4) is 17.2 Å². The molecule has 0 aliphatic heterocycles. The van der Waals surface area contributed by atoms with E-state index >= 15 is 0 Å². The Morgan fingerprint density at radius 2 is 0.766 bits per heavy atom. The fourth-order valence-corrected chi connectivity index (χ4v) is 13.1. The Hall–Kier alpha value is -7.62. The van der Waals surface area contributed by atoms with Gasteiger partial charge in [-0.05, 0) is 204 Å². The summed E-state index contributed by atoms with van der Waals surface area (Å²) in [4.78, 5) is 74.9. The number of nitrogens with two attached hydrogens (primary N) is 1. The SMILES string of the molecule is CCOP(=O)(CN)OCC.CCOP(=O)(CNC(=O)Cc1c(C)n(C(=O)c2ccc(Cl)cc2)c2ccc(OC)cc12)OCC.COc1ccc2c(c1)c(CC(=O)Cl)c(C)n2C(=O)c1ccc(Cl)cc1.COc1ccc2c(c1)c(CC(=O)O)c(C)n2C(=O)c1ccc(Cl)cc1. The molecule has 0 bridgehead atoms. The number of carboxylic acid groups (broad SMARTS) is 1. The summed E-state index contributed by atoms with van der Waals surface area (Å²) in [5.74, 6) is -0.149. The number of aliphatic carboxylic acids is 1. The number of nitrogens with zero attached hydrogens (tertiary/aromatic N) is 3. The van der Waals surface area contributed by atoms with Crippen LogP contribution in [0.4, 0.5) is 0 Å². The second-order valence-electron chi connectivity index (χ2n) is 20.4. The first-order valence-corrected chi connectivity index (χ1v) is 34.3. The fraction of sp³-hybridized carbons (Fsp3) is 0.284. The van der Waals surface area contributed by atoms with Gasteiger partial charge >= 0.3 is 21.2 Å². The molecule has 0 aliphatic rings. The maximum atomic E-state index is 13.4. The van der Waals surface area contributed by atoms with Crippen LogP contribution < -0.4 is 25.3 Å². The molecule has 0 saturated heterocycles. The average molecular weight is 1410 g/mol. The maximum Gasteiger partial charge on any atom is 0.349 e. The molecule has 9 aromatic rings. The summed E-state index contributed by atoms with van der Waals surface area (Å²) in [7, 11) is -1.69. The van der Waals surface area contributed by atoms with E-state index in [9.17, 15) is 43.0 Å². The third-order valence-corrected chi connectivity index (χ3v) is 19.0. The molecule has 3 aromatic heterocycles. The lowest BCUT2D eigenvalue weighted by molar-refractivity contribution is -0.136. The maximum absolute atomic E-state index is 13.4. The van der Waals surface area contributed by atoms with Crippen molar-refractivity contribution in [3.05, 3.63) is 193 Å². The van der Waals surface area contributed by atoms with Gasteiger partial charge in [0.1, 0.15) is 23.5 Å². The molecular formula is C67H73Cl4N5O16P2. The van der Waals surface area contributed by atoms with Gasteiger partial charge in [0.2, 0.25) is 11.1 Å². The van der Waals surface area contributed by atoms with Crippen LogP contribution in [0.1, 0.15) is 92.5 Å². The lowest BCUT2D eigenvalue weighted by atomic mass is 10.1. The van der Waals surface area contributed by atoms with Gasteiger partial charge in [0.15, 0.2) is 0 Å². The molecular weight excluding hydrogens is 1330 g/mol. The molecule has 0 radical (unpaired) electrons. The zero-order chi connectivity index (χ0) is 69.2. The van der Waals surface area contributed by atoms with Gasteiger partial charge in [-0.15, -0.1) is 0 Å². The quantitative estimate of drug-likeness (QED) is 0.0396. The van der Waals surface area contributed by atoms with E-state index in [0.29, 0.717) is 118 Å². The molecule has 6 aromatic carbocycles. The number of halogens is 4. The first kappa shape index (κ1) is 75.4. The Balaban J connectivity index is 0.000000211. The van der Waals surface area contributed by atoms with Crippen LogP contribution in [0, 0.1) is 20.8 Å². The monoisotopic (exact) mass is 1410 g/mol. The van der Waals surface area contributed by atoms with Crippen molar-refractivity contribution in [2.75, 3.05) is 60.3 Å². The van der Waals surface area contributed by atoms with Crippen LogP contribution in [-0.2, 0) is 60.9 Å². The number of amides is 1. The highest BCUT2D eigenvalue weighted by Crippen LogP contribution is 2.47. The van der Waals surface area contributed by atoms with Gasteiger partial charge in [0.25, 0.3) is 17.7 Å². The number of carboxylic acids is 1. The van der Waals surface area contributed by atoms with Crippen molar-refractivity contribution in [2.45, 2.75) is 67.7 Å². The van der Waals surface area contributed by atoms with Crippen LogP contribution in [0.25, 0.3) is 32.7 Å². The van der Waals surface area contributed by atoms with Crippen molar-refractivity contribution in [1.29, 1.82) is 0 Å². The molecule has 94 heavy (non-hydrogen) atoms. The zero-order valence-corrected chi connectivity index (χ0v) is 58.2. The van der Waals surface area contributed by atoms with Gasteiger partial charge in [-0.3, -0.25) is 51.6 Å². The van der Waals surface area contributed by atoms with Crippen LogP contribution in [0.2, 0.25) is 15.1 Å². The van der Waals surface area contributed by atoms with E-state index in [4.69, 9.17) is 84.4 Å². The number of ether oxygens (including phenoxy) is 3. The summed E-state index contributed by atoms with van der Waals surface area (Å²) in [5, 5.41) is 15.2. The Morgan fingerprint density at radius 3 is 1.04 bits per heavy atom. The second kappa shape index (κ2) is 34.7. The number of nitrogens with one attached hydrogen (secondary N) is 1. The molecule has 4 N–H and O–H groups in total. The largest absolute Gasteiger partial charge is 0.497 e. The fourth-order valence-electron chi connectivity index (χ4n) is 10.1. The molecule has 500 valence electrons. The van der Waals surface area contributed by atoms with Crippen molar-refractivity contribution >= 4 is 129 Å². The minimum absolute atomic E-state index is 0.0331. The van der Waals surface area contributed by atoms with E-state index in [2.05, 4.69) is 5.32 Å². The second-order valence-corrected chi connectivity index (χ2v) is 26.3. The third-order valence-electron chi connectivity index (χ3n) is 14.5. The molecule has 27 heteroatoms. The van der Waals surface area contributed by atoms with E-state index in [1.807, 2.05) is 6.07 Å². The topological polar surface area (TPSA) is 274 Å². The smallest absolute Gasteiger partial charge is 0.349 e. The van der Waals surface area contributed by atoms with Gasteiger partial charge in [0, 0.05) is 71.4 Å². The highest BCUT2D eigenvalue weighted by Gasteiger charge is 2.28. The Bertz CT molecular complexity index is 4120. The standard InChI is InChI=1S/C24H28ClN2O6P.C19H15Cl2NO3.C19H16ClNO4.C5H14NO3P/c1-5-32-34(30,33-6-2)15-26-23(28)14-20-16(3)27(22-12-11-19(31-4)13-21(20)22)24(29)17-7-9-18(25)10-8-17;1-11-15(10-18(21)23)16-9-14(25-2)7-8-17(16)22(11)19(24)12-3-5-13(20)6-4-12;1-11-15(10-18(22)23)16-9-14(25-2)7-8-17(16)21(11)19(24)12-3-5-13(20)6-4-12;1-3-8-10(7,5-6)9-4-2/h7-13H,5-6,14-15H2,1-4H3,(H,26,28);3-9H,10H2,1-2H3;3-9H,10H2,1-2H3,(H,22,23);3-6H2,1-2H3. The van der Waals surface area contributed by atoms with Crippen LogP contribution in [0.3, 0.4) is 0 Å². The number of benzene rings is 6. The molecule has 0 spiro atoms. The number of rotatable bonds is 23. The molecule has 0 aliphatic carbocycles. The highest BCUT2D eigenvalue weighted by atomic mass is 35.5. The average Bonchev–Trinajstić information content (AvgIpc) is 1.63. The molecule has 3 heterocycles. The summed E-state index contributed by atoms with van der Waals surface area (Å²) in [6, 6.07) is 35.9. The molecule has 0 fully saturated rings. The Labute approximate surface area is 564 Å². The van der Waals surface area contributed by atoms with Crippen molar-refractivity contribution in [3.63, 3.8) is 0 Å². The summed E-state index contributed by atoms with van der Waals surface area (Å²) in [5.41, 5.74) is 12.5. The molecule has 1 amide bonds. The number of methoxy groups -OCH3 is 3. The Kier molecular flexibility index (Phi) is 27.8. The number of hydrogen-bond donors (Lipinski definition) is 3. The first-order chi connectivity index (χ1) is 44.7. The van der Waals surface area contributed by atoms with Crippen LogP contribution in [-0.4, -0.2) is 114 Å². The number of hydrogen-bond acceptors (Lipinski definition) is 16. The minimum Gasteiger partial charge on any atom is -0.497 e. The highest BCUT2D eigenvalue weighted by molar-refractivity contribution is 7.54. The number of fused-ring (bicyclic) bond motifs is 3. The van der Waals surface area contributed by atoms with E-state index in [0.717, 1.165) is 10.9 Å². The van der Waals surface area contributed by atoms with Gasteiger partial charge in [-0.25, -0.2) is 0 Å². The van der Waals surface area contributed by atoms with Gasteiger partial charge in [-0.1, -0.05) is 34.8 Å². The van der Waals surface area contributed by atoms with Gasteiger partial charge in [0.05, 0.1) is 83.4 Å². The van der Waals surface area contributed by atoms with E-state index < -0.39 is 26.4 Å². The minimum atomic E-state index is -3.43. The summed E-state index contributed by atoms with van der Waals surface area (Å²) in [6.45, 7) is 13.4. The number of carbonyl (C=O) groups is 6. The predicted octanol–water partition coefficient (Wildman–Crippen LogP) is 14.9. The predicted molar refractivity (Wildman–Crippen MR) is 367 cm³/mol. The molecule has 0 saturated carbocycles. The van der Waals surface area contributed by atoms with Crippen molar-refractivity contribution in [2.24, 2.45) is 5.73 Å². The number of carbonyl (C=O) groups excluding carboxylic acids is 5. The van der Waals surface area contributed by atoms with Crippen LogP contribution >= 0.6 is 61.6 Å². The molecule has 21 nitrogen and oxygen atoms in total. The number of aromatic nitrogens is 3. The lowest BCUT2D eigenvalue weighted by Crippen LogP contribution is -2.27. The summed E-state index contributed by atoms with van der Waals surface area (Å²) in [6.07, 6.45) is -0.449. The first-order valence-electron chi connectivity index (χ1n) is 29.3. The lowest BCUT2D eigenvalue weighted by Gasteiger charge is -2.17. The molecule has 0 atom stereocenters.